The zero-order chi connectivity index (χ0) is 47.8. The second-order valence-corrected chi connectivity index (χ2v) is 23.7. The van der Waals surface area contributed by atoms with Gasteiger partial charge in [-0.25, -0.2) is 24.9 Å². The van der Waals surface area contributed by atoms with Crippen LogP contribution in [0.2, 0.25) is 5.02 Å². The van der Waals surface area contributed by atoms with Crippen molar-refractivity contribution in [2.45, 2.75) is 111 Å². The van der Waals surface area contributed by atoms with Crippen LogP contribution >= 0.6 is 84.2 Å². The van der Waals surface area contributed by atoms with Crippen molar-refractivity contribution >= 4 is 135 Å². The molecule has 0 atom stereocenters. The molecule has 0 aliphatic carbocycles. The monoisotopic (exact) mass is 1040 g/mol. The van der Waals surface area contributed by atoms with Gasteiger partial charge in [0.05, 0.1) is 87.8 Å². The fourth-order valence-electron chi connectivity index (χ4n) is 7.42. The largest absolute Gasteiger partial charge is 0.241 e. The van der Waals surface area contributed by atoms with E-state index in [1.807, 2.05) is 53.7 Å². The predicted octanol–water partition coefficient (Wildman–Crippen LogP) is 17.7. The first-order valence-corrected chi connectivity index (χ1v) is 26.4. The number of hydrogen-bond donors (Lipinski definition) is 0. The van der Waals surface area contributed by atoms with Gasteiger partial charge in [-0.05, 0) is 190 Å². The van der Waals surface area contributed by atoms with Crippen LogP contribution in [0.15, 0.2) is 40.9 Å². The van der Waals surface area contributed by atoms with Gasteiger partial charge in [-0.2, -0.15) is 5.26 Å². The van der Waals surface area contributed by atoms with Gasteiger partial charge in [0.25, 0.3) is 0 Å². The number of fused-ring (bicyclic) bond motifs is 5. The van der Waals surface area contributed by atoms with E-state index in [2.05, 4.69) is 140 Å². The maximum Gasteiger partial charge on any atom is 0.0995 e. The Balaban J connectivity index is 0.000000135. The number of nitrogens with zero attached hydrogens (tertiary/aromatic N) is 6. The van der Waals surface area contributed by atoms with Gasteiger partial charge < -0.3 is 0 Å². The summed E-state index contributed by atoms with van der Waals surface area (Å²) < 4.78 is 7.56. The average Bonchev–Trinajstić information content (AvgIpc) is 4.10. The molecule has 0 bridgehead atoms. The highest BCUT2D eigenvalue weighted by atomic mass is 79.9. The van der Waals surface area contributed by atoms with Crippen LogP contribution in [0.1, 0.15) is 91.8 Å². The number of benzene rings is 5. The molecule has 336 valence electrons. The standard InChI is InChI=1S/C11H10N2S.C11H13NS.C10H10BrNS.C10H10ClNS.C10H11NS/c1-6-4-9(5-12)7(2)11-10(6)13-8(3)14-11;1-6-5-7(2)10-11(8(6)3)13-9(4)12-10;2*1-5-4-8(11)6(2)10-9(5)12-7(3)13-10;1-6-4-5-7(2)10-9(6)11-8(3)12-10/h4H,1-3H3;5H,1-4H3;2*4H,1-3H3;4-5H,1-3H3. The number of thiazole rings is 5. The summed E-state index contributed by atoms with van der Waals surface area (Å²) in [6.45, 7) is 33.2. The zero-order valence-electron chi connectivity index (χ0n) is 39.9. The van der Waals surface area contributed by atoms with E-state index in [9.17, 15) is 0 Å². The molecule has 0 saturated carbocycles. The first kappa shape index (κ1) is 50.2. The first-order valence-electron chi connectivity index (χ1n) is 21.1. The second-order valence-electron chi connectivity index (χ2n) is 16.5. The Hall–Kier alpha value is -4.19. The Kier molecular flexibility index (Phi) is 16.0. The summed E-state index contributed by atoms with van der Waals surface area (Å²) >= 11 is 18.4. The van der Waals surface area contributed by atoms with Gasteiger partial charge in [-0.1, -0.05) is 45.7 Å². The van der Waals surface area contributed by atoms with Crippen molar-refractivity contribution in [1.82, 2.24) is 24.9 Å². The molecule has 5 aromatic carbocycles. The minimum Gasteiger partial charge on any atom is -0.241 e. The number of aromatic nitrogens is 5. The summed E-state index contributed by atoms with van der Waals surface area (Å²) in [7, 11) is 0. The van der Waals surface area contributed by atoms with Crippen LogP contribution in [0.3, 0.4) is 0 Å². The van der Waals surface area contributed by atoms with Crippen LogP contribution in [-0.4, -0.2) is 24.9 Å². The molecule has 10 rings (SSSR count). The lowest BCUT2D eigenvalue weighted by molar-refractivity contribution is 1.30. The smallest absolute Gasteiger partial charge is 0.0995 e. The Labute approximate surface area is 416 Å². The Morgan fingerprint density at radius 3 is 1.22 bits per heavy atom. The summed E-state index contributed by atoms with van der Waals surface area (Å²) in [5.41, 5.74) is 20.1. The average molecular weight is 1040 g/mol. The van der Waals surface area contributed by atoms with Crippen molar-refractivity contribution in [3.63, 3.8) is 0 Å². The van der Waals surface area contributed by atoms with Crippen molar-refractivity contribution in [2.24, 2.45) is 0 Å². The molecule has 0 radical (unpaired) electrons. The number of nitriles is 1. The molecule has 5 aromatic heterocycles. The molecule has 0 aliphatic rings. The number of halogens is 2. The van der Waals surface area contributed by atoms with Gasteiger partial charge in [-0.3, -0.25) is 0 Å². The predicted molar refractivity (Wildman–Crippen MR) is 291 cm³/mol. The molecule has 0 aliphatic heterocycles. The number of aryl methyl sites for hydroxylation is 16. The van der Waals surface area contributed by atoms with E-state index in [0.717, 1.165) is 79.1 Å². The molecule has 0 spiro atoms. The van der Waals surface area contributed by atoms with E-state index in [-0.39, 0.29) is 0 Å². The highest BCUT2D eigenvalue weighted by molar-refractivity contribution is 9.10. The van der Waals surface area contributed by atoms with Crippen LogP contribution in [0.4, 0.5) is 0 Å². The topological polar surface area (TPSA) is 88.2 Å². The van der Waals surface area contributed by atoms with E-state index < -0.39 is 0 Å². The third-order valence-corrected chi connectivity index (χ3v) is 17.8. The third kappa shape index (κ3) is 11.0. The first-order chi connectivity index (χ1) is 30.6. The lowest BCUT2D eigenvalue weighted by Gasteiger charge is -2.02. The molecule has 0 unspecified atom stereocenters. The zero-order valence-corrected chi connectivity index (χ0v) is 46.4. The normalized spacial score (nSPS) is 10.9. The van der Waals surface area contributed by atoms with E-state index in [1.54, 1.807) is 56.7 Å². The maximum absolute atomic E-state index is 8.94. The van der Waals surface area contributed by atoms with Crippen LogP contribution in [0.5, 0.6) is 0 Å². The minimum absolute atomic E-state index is 0.763. The number of hydrogen-bond acceptors (Lipinski definition) is 11. The highest BCUT2D eigenvalue weighted by Gasteiger charge is 2.13. The second kappa shape index (κ2) is 20.8. The summed E-state index contributed by atoms with van der Waals surface area (Å²) in [4.78, 5) is 22.5. The minimum atomic E-state index is 0.763. The molecular weight excluding hydrogens is 984 g/mol. The van der Waals surface area contributed by atoms with Gasteiger partial charge in [0.1, 0.15) is 0 Å². The van der Waals surface area contributed by atoms with Crippen molar-refractivity contribution < 1.29 is 0 Å². The van der Waals surface area contributed by atoms with Crippen LogP contribution in [0, 0.1) is 122 Å². The molecule has 0 fully saturated rings. The Bertz CT molecular complexity index is 3200. The maximum atomic E-state index is 8.94. The quantitative estimate of drug-likeness (QED) is 0.150. The highest BCUT2D eigenvalue weighted by Crippen LogP contribution is 2.35. The summed E-state index contributed by atoms with van der Waals surface area (Å²) in [6.07, 6.45) is 0. The van der Waals surface area contributed by atoms with Crippen LogP contribution in [0.25, 0.3) is 51.1 Å². The molecule has 0 saturated heterocycles. The molecule has 10 aromatic rings. The Morgan fingerprint density at radius 2 is 0.754 bits per heavy atom. The molecule has 6 nitrogen and oxygen atoms in total. The number of rotatable bonds is 0. The molecular formula is C52H54BrClN6S5. The van der Waals surface area contributed by atoms with Crippen molar-refractivity contribution in [1.29, 1.82) is 5.26 Å². The van der Waals surface area contributed by atoms with Crippen molar-refractivity contribution in [2.75, 3.05) is 0 Å². The van der Waals surface area contributed by atoms with Crippen molar-refractivity contribution in [3.8, 4) is 6.07 Å². The van der Waals surface area contributed by atoms with Crippen LogP contribution in [-0.2, 0) is 0 Å². The molecule has 0 N–H and O–H groups in total. The summed E-state index contributed by atoms with van der Waals surface area (Å²) in [6, 6.07) is 14.8. The summed E-state index contributed by atoms with van der Waals surface area (Å²) in [5.74, 6) is 0. The van der Waals surface area contributed by atoms with E-state index in [4.69, 9.17) is 16.9 Å². The molecule has 0 amide bonds. The van der Waals surface area contributed by atoms with Gasteiger partial charge in [0.15, 0.2) is 0 Å². The van der Waals surface area contributed by atoms with Gasteiger partial charge in [0, 0.05) is 9.50 Å². The van der Waals surface area contributed by atoms with Crippen molar-refractivity contribution in [3.05, 3.63) is 138 Å². The fourth-order valence-corrected chi connectivity index (χ4v) is 13.4. The van der Waals surface area contributed by atoms with E-state index in [1.165, 1.54) is 73.2 Å². The van der Waals surface area contributed by atoms with Crippen LogP contribution < -0.4 is 0 Å². The molecule has 13 heteroatoms. The van der Waals surface area contributed by atoms with Gasteiger partial charge in [-0.15, -0.1) is 56.7 Å². The lowest BCUT2D eigenvalue weighted by Crippen LogP contribution is -1.86. The molecule has 65 heavy (non-hydrogen) atoms. The van der Waals surface area contributed by atoms with E-state index >= 15 is 0 Å². The molecule has 5 heterocycles. The SMILES string of the molecule is Cc1nc2c(C)cc(Br)c(C)c2s1.Cc1nc2c(C)cc(C#N)c(C)c2s1.Cc1nc2c(C)cc(C)c(C)c2s1.Cc1nc2c(C)cc(Cl)c(C)c2s1.Cc1nc2c(C)ccc(C)c2s1. The Morgan fingerprint density at radius 1 is 0.400 bits per heavy atom. The third-order valence-electron chi connectivity index (χ3n) is 11.2. The van der Waals surface area contributed by atoms with Gasteiger partial charge in [0.2, 0.25) is 0 Å². The lowest BCUT2D eigenvalue weighted by atomic mass is 10.1. The van der Waals surface area contributed by atoms with Gasteiger partial charge >= 0.3 is 0 Å². The fraction of sp³-hybridized carbons (Fsp3) is 0.308. The van der Waals surface area contributed by atoms with E-state index in [0.29, 0.717) is 0 Å². The summed E-state index contributed by atoms with van der Waals surface area (Å²) in [5, 5.41) is 15.4.